The Balaban J connectivity index is 1.26. The van der Waals surface area contributed by atoms with Crippen molar-refractivity contribution in [1.29, 1.82) is 0 Å². The van der Waals surface area contributed by atoms with Gasteiger partial charge in [0, 0.05) is 36.6 Å². The van der Waals surface area contributed by atoms with Crippen LogP contribution in [-0.4, -0.2) is 48.9 Å². The molecule has 0 spiro atoms. The van der Waals surface area contributed by atoms with Gasteiger partial charge in [-0.3, -0.25) is 14.5 Å². The van der Waals surface area contributed by atoms with Gasteiger partial charge in [0.05, 0.1) is 17.6 Å². The highest BCUT2D eigenvalue weighted by atomic mass is 16.1. The van der Waals surface area contributed by atoms with Gasteiger partial charge in [-0.15, -0.1) is 10.2 Å². The molecule has 0 aliphatic carbocycles. The third-order valence-corrected chi connectivity index (χ3v) is 5.23. The number of carbonyl (C=O) groups excluding carboxylic acids is 1. The van der Waals surface area contributed by atoms with E-state index in [1.807, 2.05) is 36.5 Å². The van der Waals surface area contributed by atoms with Crippen LogP contribution in [0.2, 0.25) is 0 Å². The van der Waals surface area contributed by atoms with Crippen molar-refractivity contribution in [2.75, 3.05) is 23.3 Å². The number of benzene rings is 1. The fourth-order valence-electron chi connectivity index (χ4n) is 3.68. The van der Waals surface area contributed by atoms with E-state index in [2.05, 4.69) is 35.6 Å². The maximum Gasteiger partial charge on any atom is 0.229 e. The zero-order chi connectivity index (χ0) is 19.6. The van der Waals surface area contributed by atoms with Crippen LogP contribution in [0.1, 0.15) is 12.8 Å². The van der Waals surface area contributed by atoms with E-state index in [9.17, 15) is 4.79 Å². The van der Waals surface area contributed by atoms with Crippen molar-refractivity contribution in [3.05, 3.63) is 55.2 Å². The van der Waals surface area contributed by atoms with Gasteiger partial charge in [-0.25, -0.2) is 4.98 Å². The zero-order valence-electron chi connectivity index (χ0n) is 15.7. The fraction of sp³-hybridized carbons (Fsp3) is 0.250. The van der Waals surface area contributed by atoms with Crippen LogP contribution in [0.25, 0.3) is 16.7 Å². The van der Waals surface area contributed by atoms with Crippen LogP contribution in [0.15, 0.2) is 55.2 Å². The number of rotatable bonds is 4. The number of H-pyrrole nitrogens is 1. The number of fused-ring (bicyclic) bond motifs is 1. The number of nitrogens with zero attached hydrogens (tertiary/aromatic N) is 6. The van der Waals surface area contributed by atoms with Crippen molar-refractivity contribution >= 4 is 28.3 Å². The average molecular weight is 388 g/mol. The zero-order valence-corrected chi connectivity index (χ0v) is 15.7. The van der Waals surface area contributed by atoms with E-state index in [-0.39, 0.29) is 11.8 Å². The number of amides is 1. The summed E-state index contributed by atoms with van der Waals surface area (Å²) in [5, 5.41) is 19.6. The van der Waals surface area contributed by atoms with E-state index in [0.29, 0.717) is 12.4 Å². The van der Waals surface area contributed by atoms with Gasteiger partial charge in [-0.2, -0.15) is 5.10 Å². The molecule has 1 fully saturated rings. The highest BCUT2D eigenvalue weighted by Gasteiger charge is 2.27. The normalized spacial score (nSPS) is 16.8. The molecule has 4 aromatic rings. The van der Waals surface area contributed by atoms with Gasteiger partial charge in [0.15, 0.2) is 11.6 Å². The first-order valence-electron chi connectivity index (χ1n) is 9.57. The number of hydrogen-bond donors (Lipinski definition) is 2. The van der Waals surface area contributed by atoms with Crippen LogP contribution >= 0.6 is 0 Å². The molecule has 2 N–H and O–H groups in total. The quantitative estimate of drug-likeness (QED) is 0.556. The van der Waals surface area contributed by atoms with Gasteiger partial charge < -0.3 is 10.2 Å². The Morgan fingerprint density at radius 2 is 2.07 bits per heavy atom. The Morgan fingerprint density at radius 3 is 2.90 bits per heavy atom. The van der Waals surface area contributed by atoms with E-state index >= 15 is 0 Å². The smallest absolute Gasteiger partial charge is 0.229 e. The number of aromatic nitrogens is 6. The van der Waals surface area contributed by atoms with Crippen molar-refractivity contribution in [3.8, 4) is 5.82 Å². The summed E-state index contributed by atoms with van der Waals surface area (Å²) in [4.78, 5) is 19.0. The molecule has 4 heterocycles. The molecule has 1 amide bonds. The Bertz CT molecular complexity index is 1120. The summed E-state index contributed by atoms with van der Waals surface area (Å²) in [5.41, 5.74) is 1.68. The molecular weight excluding hydrogens is 368 g/mol. The molecule has 146 valence electrons. The molecule has 0 saturated carbocycles. The first-order chi connectivity index (χ1) is 14.3. The Kier molecular flexibility index (Phi) is 4.39. The van der Waals surface area contributed by atoms with Crippen LogP contribution in [0.4, 0.5) is 11.5 Å². The predicted molar refractivity (Wildman–Crippen MR) is 109 cm³/mol. The fourth-order valence-corrected chi connectivity index (χ4v) is 3.68. The maximum absolute atomic E-state index is 12.8. The number of carbonyl (C=O) groups is 1. The van der Waals surface area contributed by atoms with Crippen LogP contribution in [-0.2, 0) is 4.79 Å². The largest absolute Gasteiger partial charge is 0.354 e. The van der Waals surface area contributed by atoms with Gasteiger partial charge >= 0.3 is 0 Å². The first kappa shape index (κ1) is 17.4. The van der Waals surface area contributed by atoms with Crippen LogP contribution in [0, 0.1) is 5.92 Å². The molecule has 0 radical (unpaired) electrons. The topological polar surface area (TPSA) is 105 Å². The number of aromatic amines is 1. The van der Waals surface area contributed by atoms with Crippen molar-refractivity contribution in [3.63, 3.8) is 0 Å². The van der Waals surface area contributed by atoms with E-state index in [4.69, 9.17) is 0 Å². The molecule has 9 nitrogen and oxygen atoms in total. The van der Waals surface area contributed by atoms with Crippen LogP contribution in [0.5, 0.6) is 0 Å². The van der Waals surface area contributed by atoms with Crippen molar-refractivity contribution < 1.29 is 4.79 Å². The van der Waals surface area contributed by atoms with Crippen LogP contribution in [0.3, 0.4) is 0 Å². The lowest BCUT2D eigenvalue weighted by atomic mass is 9.97. The summed E-state index contributed by atoms with van der Waals surface area (Å²) in [7, 11) is 0. The van der Waals surface area contributed by atoms with E-state index in [0.717, 1.165) is 41.8 Å². The molecule has 3 aromatic heterocycles. The number of imidazole rings is 1. The lowest BCUT2D eigenvalue weighted by molar-refractivity contribution is -0.120. The molecule has 1 unspecified atom stereocenters. The molecule has 1 aromatic carbocycles. The summed E-state index contributed by atoms with van der Waals surface area (Å²) < 4.78 is 1.81. The second-order valence-electron chi connectivity index (χ2n) is 7.17. The Labute approximate surface area is 166 Å². The lowest BCUT2D eigenvalue weighted by Gasteiger charge is -2.32. The number of piperidine rings is 1. The molecule has 1 aliphatic heterocycles. The Hall–Kier alpha value is -3.75. The third kappa shape index (κ3) is 3.54. The minimum atomic E-state index is -0.101. The van der Waals surface area contributed by atoms with E-state index < -0.39 is 0 Å². The summed E-state index contributed by atoms with van der Waals surface area (Å²) in [5.74, 6) is 1.42. The minimum absolute atomic E-state index is 0.0246. The summed E-state index contributed by atoms with van der Waals surface area (Å²) >= 11 is 0. The summed E-state index contributed by atoms with van der Waals surface area (Å²) in [6.45, 7) is 1.49. The van der Waals surface area contributed by atoms with Crippen LogP contribution < -0.4 is 10.2 Å². The van der Waals surface area contributed by atoms with Gasteiger partial charge in [-0.1, -0.05) is 0 Å². The average Bonchev–Trinajstić information content (AvgIpc) is 3.46. The molecule has 9 heteroatoms. The second-order valence-corrected chi connectivity index (χ2v) is 7.17. The van der Waals surface area contributed by atoms with Crippen molar-refractivity contribution in [1.82, 2.24) is 29.9 Å². The highest BCUT2D eigenvalue weighted by Crippen LogP contribution is 2.24. The lowest BCUT2D eigenvalue weighted by Crippen LogP contribution is -2.41. The Morgan fingerprint density at radius 1 is 1.17 bits per heavy atom. The van der Waals surface area contributed by atoms with Gasteiger partial charge in [0.2, 0.25) is 5.91 Å². The van der Waals surface area contributed by atoms with Crippen molar-refractivity contribution in [2.24, 2.45) is 5.92 Å². The predicted octanol–water partition coefficient (Wildman–Crippen LogP) is 2.39. The number of hydrogen-bond acceptors (Lipinski definition) is 6. The SMILES string of the molecule is O=C(Nc1ccc2cn[nH]c2c1)C1CCCN(c2ccc(-n3ccnc3)nn2)C1. The highest BCUT2D eigenvalue weighted by molar-refractivity contribution is 5.95. The minimum Gasteiger partial charge on any atom is -0.354 e. The molecule has 29 heavy (non-hydrogen) atoms. The first-order valence-corrected chi connectivity index (χ1v) is 9.57. The van der Waals surface area contributed by atoms with Gasteiger partial charge in [0.1, 0.15) is 6.33 Å². The summed E-state index contributed by atoms with van der Waals surface area (Å²) in [6.07, 6.45) is 8.77. The van der Waals surface area contributed by atoms with E-state index in [1.165, 1.54) is 0 Å². The number of anilines is 2. The summed E-state index contributed by atoms with van der Waals surface area (Å²) in [6, 6.07) is 9.60. The molecule has 5 rings (SSSR count). The van der Waals surface area contributed by atoms with Gasteiger partial charge in [0.25, 0.3) is 0 Å². The van der Waals surface area contributed by atoms with Gasteiger partial charge in [-0.05, 0) is 43.2 Å². The maximum atomic E-state index is 12.8. The van der Waals surface area contributed by atoms with Crippen molar-refractivity contribution in [2.45, 2.75) is 12.8 Å². The monoisotopic (exact) mass is 388 g/mol. The van der Waals surface area contributed by atoms with E-state index in [1.54, 1.807) is 23.3 Å². The number of nitrogens with one attached hydrogen (secondary N) is 2. The molecule has 1 aliphatic rings. The third-order valence-electron chi connectivity index (χ3n) is 5.23. The molecule has 1 atom stereocenters. The molecular formula is C20H20N8O. The molecule has 1 saturated heterocycles. The standard InChI is InChI=1S/C20H20N8O/c29-20(23-16-4-3-14-11-22-24-17(14)10-16)15-2-1-8-27(12-15)18-5-6-19(26-25-18)28-9-7-21-13-28/h3-7,9-11,13,15H,1-2,8,12H2,(H,22,24)(H,23,29). The second kappa shape index (κ2) is 7.34. The molecule has 0 bridgehead atoms.